The molecule has 5 nitrogen and oxygen atoms in total. The summed E-state index contributed by atoms with van der Waals surface area (Å²) in [6, 6.07) is 4.43. The quantitative estimate of drug-likeness (QED) is 0.917. The van der Waals surface area contributed by atoms with Gasteiger partial charge in [-0.15, -0.1) is 0 Å². The average Bonchev–Trinajstić information content (AvgIpc) is 2.42. The third-order valence-corrected chi connectivity index (χ3v) is 3.97. The standard InChI is InChI=1S/C14H19ClN2O3/c1-16-6-8-17(9-7-16)13(14(18)19)12-10(15)4-3-5-11(12)20-2/h3-5,13H,6-9H2,1-2H3,(H,18,19). The summed E-state index contributed by atoms with van der Waals surface area (Å²) in [5.74, 6) is -0.384. The molecule has 0 saturated carbocycles. The van der Waals surface area contributed by atoms with Crippen molar-refractivity contribution in [3.8, 4) is 5.75 Å². The second-order valence-corrected chi connectivity index (χ2v) is 5.34. The fourth-order valence-electron chi connectivity index (χ4n) is 2.50. The van der Waals surface area contributed by atoms with Gasteiger partial charge in [-0.25, -0.2) is 0 Å². The molecule has 0 amide bonds. The lowest BCUT2D eigenvalue weighted by atomic mass is 10.0. The maximum absolute atomic E-state index is 11.7. The highest BCUT2D eigenvalue weighted by Crippen LogP contribution is 2.35. The molecule has 1 saturated heterocycles. The lowest BCUT2D eigenvalue weighted by Gasteiger charge is -2.36. The molecule has 1 atom stereocenters. The maximum atomic E-state index is 11.7. The van der Waals surface area contributed by atoms with Crippen LogP contribution in [0.2, 0.25) is 5.02 Å². The van der Waals surface area contributed by atoms with Crippen molar-refractivity contribution in [1.29, 1.82) is 0 Å². The molecular formula is C14H19ClN2O3. The fraction of sp³-hybridized carbons (Fsp3) is 0.500. The second kappa shape index (κ2) is 6.43. The minimum atomic E-state index is -0.902. The van der Waals surface area contributed by atoms with E-state index in [0.29, 0.717) is 29.4 Å². The van der Waals surface area contributed by atoms with E-state index < -0.39 is 12.0 Å². The molecule has 1 aromatic rings. The Hall–Kier alpha value is -1.30. The van der Waals surface area contributed by atoms with Crippen molar-refractivity contribution < 1.29 is 14.6 Å². The van der Waals surface area contributed by atoms with Crippen LogP contribution in [0.25, 0.3) is 0 Å². The zero-order valence-corrected chi connectivity index (χ0v) is 12.4. The van der Waals surface area contributed by atoms with Crippen LogP contribution in [0.1, 0.15) is 11.6 Å². The molecule has 0 spiro atoms. The Bertz CT molecular complexity index is 487. The highest BCUT2D eigenvalue weighted by molar-refractivity contribution is 6.31. The molecule has 1 heterocycles. The summed E-state index contributed by atoms with van der Waals surface area (Å²) >= 11 is 6.21. The molecule has 1 unspecified atom stereocenters. The lowest BCUT2D eigenvalue weighted by Crippen LogP contribution is -2.47. The van der Waals surface area contributed by atoms with Gasteiger partial charge in [0.25, 0.3) is 0 Å². The Labute approximate surface area is 123 Å². The van der Waals surface area contributed by atoms with E-state index in [2.05, 4.69) is 4.90 Å². The Balaban J connectivity index is 2.36. The highest BCUT2D eigenvalue weighted by Gasteiger charge is 2.33. The Morgan fingerprint density at radius 1 is 1.35 bits per heavy atom. The van der Waals surface area contributed by atoms with Gasteiger partial charge < -0.3 is 14.7 Å². The second-order valence-electron chi connectivity index (χ2n) is 4.94. The van der Waals surface area contributed by atoms with Crippen LogP contribution in [0, 0.1) is 0 Å². The van der Waals surface area contributed by atoms with Gasteiger partial charge >= 0.3 is 5.97 Å². The predicted molar refractivity (Wildman–Crippen MR) is 77.5 cm³/mol. The average molecular weight is 299 g/mol. The molecule has 110 valence electrons. The van der Waals surface area contributed by atoms with Crippen LogP contribution >= 0.6 is 11.6 Å². The van der Waals surface area contributed by atoms with E-state index in [-0.39, 0.29) is 0 Å². The lowest BCUT2D eigenvalue weighted by molar-refractivity contribution is -0.144. The first-order chi connectivity index (χ1) is 9.54. The molecule has 1 N–H and O–H groups in total. The van der Waals surface area contributed by atoms with Crippen molar-refractivity contribution in [1.82, 2.24) is 9.80 Å². The van der Waals surface area contributed by atoms with Gasteiger partial charge in [-0.1, -0.05) is 17.7 Å². The monoisotopic (exact) mass is 298 g/mol. The van der Waals surface area contributed by atoms with Gasteiger partial charge in [-0.3, -0.25) is 9.69 Å². The van der Waals surface area contributed by atoms with Crippen LogP contribution < -0.4 is 4.74 Å². The van der Waals surface area contributed by atoms with Crippen LogP contribution in [0.15, 0.2) is 18.2 Å². The summed E-state index contributed by atoms with van der Waals surface area (Å²) in [5, 5.41) is 10.0. The third-order valence-electron chi connectivity index (χ3n) is 3.64. The number of nitrogens with zero attached hydrogens (tertiary/aromatic N) is 2. The molecule has 0 bridgehead atoms. The van der Waals surface area contributed by atoms with E-state index in [4.69, 9.17) is 16.3 Å². The van der Waals surface area contributed by atoms with Crippen molar-refractivity contribution >= 4 is 17.6 Å². The smallest absolute Gasteiger partial charge is 0.325 e. The van der Waals surface area contributed by atoms with Crippen molar-refractivity contribution in [3.63, 3.8) is 0 Å². The van der Waals surface area contributed by atoms with Crippen LogP contribution in [-0.2, 0) is 4.79 Å². The molecule has 1 aliphatic heterocycles. The number of piperazine rings is 1. The number of carboxylic acids is 1. The summed E-state index contributed by atoms with van der Waals surface area (Å²) in [5.41, 5.74) is 0.536. The van der Waals surface area contributed by atoms with Crippen molar-refractivity contribution in [2.24, 2.45) is 0 Å². The van der Waals surface area contributed by atoms with Gasteiger partial charge in [0, 0.05) is 36.8 Å². The minimum Gasteiger partial charge on any atom is -0.496 e. The van der Waals surface area contributed by atoms with E-state index in [1.165, 1.54) is 7.11 Å². The van der Waals surface area contributed by atoms with Crippen molar-refractivity contribution in [2.45, 2.75) is 6.04 Å². The van der Waals surface area contributed by atoms with E-state index >= 15 is 0 Å². The summed E-state index contributed by atoms with van der Waals surface area (Å²) in [6.45, 7) is 3.08. The Kier molecular flexibility index (Phi) is 4.86. The van der Waals surface area contributed by atoms with Crippen LogP contribution in [0.5, 0.6) is 5.75 Å². The number of halogens is 1. The van der Waals surface area contributed by atoms with E-state index in [1.807, 2.05) is 11.9 Å². The topological polar surface area (TPSA) is 53.0 Å². The van der Waals surface area contributed by atoms with Gasteiger partial charge in [0.2, 0.25) is 0 Å². The van der Waals surface area contributed by atoms with E-state index in [9.17, 15) is 9.90 Å². The first-order valence-corrected chi connectivity index (χ1v) is 6.90. The van der Waals surface area contributed by atoms with Gasteiger partial charge in [0.15, 0.2) is 0 Å². The first-order valence-electron chi connectivity index (χ1n) is 6.52. The molecule has 1 fully saturated rings. The summed E-state index contributed by atoms with van der Waals surface area (Å²) < 4.78 is 5.28. The Morgan fingerprint density at radius 3 is 2.55 bits per heavy atom. The van der Waals surface area contributed by atoms with Crippen molar-refractivity contribution in [3.05, 3.63) is 28.8 Å². The number of ether oxygens (including phenoxy) is 1. The third kappa shape index (κ3) is 3.06. The summed E-state index contributed by atoms with van der Waals surface area (Å²) in [4.78, 5) is 15.8. The SMILES string of the molecule is COc1cccc(Cl)c1C(C(=O)O)N1CCN(C)CC1. The Morgan fingerprint density at radius 2 is 2.00 bits per heavy atom. The van der Waals surface area contributed by atoms with Crippen LogP contribution in [-0.4, -0.2) is 61.2 Å². The molecule has 6 heteroatoms. The highest BCUT2D eigenvalue weighted by atomic mass is 35.5. The summed E-state index contributed by atoms with van der Waals surface area (Å²) in [6.07, 6.45) is 0. The fourth-order valence-corrected chi connectivity index (χ4v) is 2.77. The predicted octanol–water partition coefficient (Wildman–Crippen LogP) is 1.72. The van der Waals surface area contributed by atoms with Crippen LogP contribution in [0.4, 0.5) is 0 Å². The van der Waals surface area contributed by atoms with Gasteiger partial charge in [0.1, 0.15) is 11.8 Å². The van der Waals surface area contributed by atoms with Gasteiger partial charge in [0.05, 0.1) is 7.11 Å². The number of hydrogen-bond acceptors (Lipinski definition) is 4. The van der Waals surface area contributed by atoms with Gasteiger partial charge in [-0.2, -0.15) is 0 Å². The molecule has 0 aromatic heterocycles. The number of carbonyl (C=O) groups is 1. The van der Waals surface area contributed by atoms with E-state index in [1.54, 1.807) is 18.2 Å². The zero-order valence-electron chi connectivity index (χ0n) is 11.7. The van der Waals surface area contributed by atoms with Crippen LogP contribution in [0.3, 0.4) is 0 Å². The summed E-state index contributed by atoms with van der Waals surface area (Å²) in [7, 11) is 3.56. The molecule has 20 heavy (non-hydrogen) atoms. The minimum absolute atomic E-state index is 0.427. The largest absolute Gasteiger partial charge is 0.496 e. The number of likely N-dealkylation sites (N-methyl/N-ethyl adjacent to an activating group) is 1. The molecular weight excluding hydrogens is 280 g/mol. The van der Waals surface area contributed by atoms with Gasteiger partial charge in [-0.05, 0) is 19.2 Å². The molecule has 1 aliphatic rings. The molecule has 1 aromatic carbocycles. The number of benzene rings is 1. The first kappa shape index (κ1) is 15.1. The maximum Gasteiger partial charge on any atom is 0.325 e. The molecule has 0 radical (unpaired) electrons. The number of methoxy groups -OCH3 is 1. The van der Waals surface area contributed by atoms with E-state index in [0.717, 1.165) is 13.1 Å². The van der Waals surface area contributed by atoms with Crippen molar-refractivity contribution in [2.75, 3.05) is 40.3 Å². The number of hydrogen-bond donors (Lipinski definition) is 1. The number of carboxylic acid groups (broad SMARTS) is 1. The number of aliphatic carboxylic acids is 1. The zero-order chi connectivity index (χ0) is 14.7. The molecule has 2 rings (SSSR count). The normalized spacial score (nSPS) is 18.8. The molecule has 0 aliphatic carbocycles. The number of rotatable bonds is 4.